The van der Waals surface area contributed by atoms with Crippen LogP contribution in [0.3, 0.4) is 0 Å². The highest BCUT2D eigenvalue weighted by Crippen LogP contribution is 2.34. The van der Waals surface area contributed by atoms with E-state index in [0.717, 1.165) is 0 Å². The smallest absolute Gasteiger partial charge is 0.238 e. The van der Waals surface area contributed by atoms with Crippen LogP contribution in [-0.2, 0) is 10.0 Å². The Hall–Kier alpha value is -1.30. The molecule has 0 aromatic heterocycles. The molecule has 0 saturated carbocycles. The predicted molar refractivity (Wildman–Crippen MR) is 62.0 cm³/mol. The molecule has 0 aliphatic carbocycles. The Balaban J connectivity index is 2.96. The quantitative estimate of drug-likeness (QED) is 0.818. The van der Waals surface area contributed by atoms with Gasteiger partial charge in [0.05, 0.1) is 9.92 Å². The third kappa shape index (κ3) is 1.73. The maximum absolute atomic E-state index is 11.3. The molecule has 4 nitrogen and oxygen atoms in total. The van der Waals surface area contributed by atoms with Gasteiger partial charge in [-0.1, -0.05) is 29.8 Å². The first-order valence-corrected chi connectivity index (χ1v) is 6.26. The standard InChI is InChI=1S/C10H8ClNO3S/c11-8-5-4-6-7(10(8)13)2-1-3-9(6)16(12,14)15/h1-5,13H,(H2,12,14,15). The Kier molecular flexibility index (Phi) is 2.53. The molecule has 0 saturated heterocycles. The van der Waals surface area contributed by atoms with Crippen LogP contribution in [0.15, 0.2) is 35.2 Å². The molecule has 2 rings (SSSR count). The van der Waals surface area contributed by atoms with Gasteiger partial charge < -0.3 is 5.11 Å². The number of phenols is 1. The minimum atomic E-state index is -3.81. The van der Waals surface area contributed by atoms with Crippen LogP contribution in [0.1, 0.15) is 0 Å². The number of halogens is 1. The molecule has 6 heteroatoms. The zero-order chi connectivity index (χ0) is 11.9. The Labute approximate surface area is 97.3 Å². The number of primary sulfonamides is 1. The third-order valence-electron chi connectivity index (χ3n) is 2.25. The second-order valence-electron chi connectivity index (χ2n) is 3.29. The molecule has 0 spiro atoms. The first-order valence-electron chi connectivity index (χ1n) is 4.34. The number of phenolic OH excluding ortho intramolecular Hbond substituents is 1. The van der Waals surface area contributed by atoms with Crippen LogP contribution in [0, 0.1) is 0 Å². The van der Waals surface area contributed by atoms with Gasteiger partial charge in [-0.3, -0.25) is 0 Å². The van der Waals surface area contributed by atoms with Gasteiger partial charge in [0.1, 0.15) is 5.75 Å². The van der Waals surface area contributed by atoms with E-state index in [9.17, 15) is 13.5 Å². The molecule has 0 amide bonds. The molecule has 0 aliphatic rings. The Morgan fingerprint density at radius 1 is 1.12 bits per heavy atom. The molecule has 0 bridgehead atoms. The van der Waals surface area contributed by atoms with E-state index in [1.165, 1.54) is 24.3 Å². The van der Waals surface area contributed by atoms with E-state index in [1.807, 2.05) is 0 Å². The van der Waals surface area contributed by atoms with Gasteiger partial charge in [-0.2, -0.15) is 0 Å². The monoisotopic (exact) mass is 257 g/mol. The van der Waals surface area contributed by atoms with Gasteiger partial charge in [-0.05, 0) is 12.1 Å². The molecule has 0 unspecified atom stereocenters. The summed E-state index contributed by atoms with van der Waals surface area (Å²) in [6.07, 6.45) is 0. The van der Waals surface area contributed by atoms with Crippen molar-refractivity contribution in [1.82, 2.24) is 0 Å². The number of benzene rings is 2. The minimum Gasteiger partial charge on any atom is -0.506 e. The lowest BCUT2D eigenvalue weighted by molar-refractivity contribution is 0.482. The normalized spacial score (nSPS) is 11.9. The summed E-state index contributed by atoms with van der Waals surface area (Å²) in [5.74, 6) is -0.148. The minimum absolute atomic E-state index is 0.0306. The van der Waals surface area contributed by atoms with E-state index in [2.05, 4.69) is 0 Å². The number of nitrogens with two attached hydrogens (primary N) is 1. The fourth-order valence-corrected chi connectivity index (χ4v) is 2.45. The average molecular weight is 258 g/mol. The highest BCUT2D eigenvalue weighted by atomic mass is 35.5. The summed E-state index contributed by atoms with van der Waals surface area (Å²) in [6, 6.07) is 7.39. The summed E-state index contributed by atoms with van der Waals surface area (Å²) in [5, 5.41) is 15.6. The van der Waals surface area contributed by atoms with Crippen LogP contribution in [0.25, 0.3) is 10.8 Å². The van der Waals surface area contributed by atoms with E-state index in [-0.39, 0.29) is 15.7 Å². The van der Waals surface area contributed by atoms with Crippen molar-refractivity contribution in [3.05, 3.63) is 35.4 Å². The maximum atomic E-state index is 11.3. The van der Waals surface area contributed by atoms with Gasteiger partial charge in [-0.15, -0.1) is 0 Å². The topological polar surface area (TPSA) is 80.4 Å². The van der Waals surface area contributed by atoms with Crippen molar-refractivity contribution >= 4 is 32.4 Å². The Morgan fingerprint density at radius 3 is 2.44 bits per heavy atom. The van der Waals surface area contributed by atoms with E-state index >= 15 is 0 Å². The second-order valence-corrected chi connectivity index (χ2v) is 5.23. The molecule has 84 valence electrons. The lowest BCUT2D eigenvalue weighted by atomic mass is 10.1. The van der Waals surface area contributed by atoms with Gasteiger partial charge in [-0.25, -0.2) is 13.6 Å². The van der Waals surface area contributed by atoms with Crippen LogP contribution in [0.4, 0.5) is 0 Å². The van der Waals surface area contributed by atoms with Crippen molar-refractivity contribution in [1.29, 1.82) is 0 Å². The summed E-state index contributed by atoms with van der Waals surface area (Å²) in [6.45, 7) is 0. The summed E-state index contributed by atoms with van der Waals surface area (Å²) >= 11 is 5.72. The summed E-state index contributed by atoms with van der Waals surface area (Å²) in [4.78, 5) is -0.0306. The number of fused-ring (bicyclic) bond motifs is 1. The van der Waals surface area contributed by atoms with Crippen molar-refractivity contribution in [2.45, 2.75) is 4.90 Å². The molecule has 0 radical (unpaired) electrons. The molecule has 2 aromatic carbocycles. The molecular formula is C10H8ClNO3S. The molecule has 2 aromatic rings. The van der Waals surface area contributed by atoms with Gasteiger partial charge >= 0.3 is 0 Å². The van der Waals surface area contributed by atoms with Crippen LogP contribution >= 0.6 is 11.6 Å². The van der Waals surface area contributed by atoms with Crippen molar-refractivity contribution in [3.8, 4) is 5.75 Å². The van der Waals surface area contributed by atoms with Crippen molar-refractivity contribution in [3.63, 3.8) is 0 Å². The van der Waals surface area contributed by atoms with Gasteiger partial charge in [0.2, 0.25) is 10.0 Å². The zero-order valence-electron chi connectivity index (χ0n) is 8.01. The predicted octanol–water partition coefficient (Wildman–Crippen LogP) is 1.85. The number of hydrogen-bond acceptors (Lipinski definition) is 3. The van der Waals surface area contributed by atoms with Crippen LogP contribution in [0.2, 0.25) is 5.02 Å². The van der Waals surface area contributed by atoms with Crippen molar-refractivity contribution in [2.24, 2.45) is 5.14 Å². The number of rotatable bonds is 1. The molecule has 0 heterocycles. The number of hydrogen-bond donors (Lipinski definition) is 2. The number of sulfonamides is 1. The van der Waals surface area contributed by atoms with E-state index in [4.69, 9.17) is 16.7 Å². The highest BCUT2D eigenvalue weighted by molar-refractivity contribution is 7.89. The van der Waals surface area contributed by atoms with E-state index < -0.39 is 10.0 Å². The lowest BCUT2D eigenvalue weighted by Gasteiger charge is -2.06. The van der Waals surface area contributed by atoms with Gasteiger partial charge in [0.25, 0.3) is 0 Å². The molecule has 3 N–H and O–H groups in total. The SMILES string of the molecule is NS(=O)(=O)c1cccc2c(O)c(Cl)ccc12. The fraction of sp³-hybridized carbons (Fsp3) is 0. The third-order valence-corrected chi connectivity index (χ3v) is 3.52. The van der Waals surface area contributed by atoms with Gasteiger partial charge in [0.15, 0.2) is 0 Å². The Bertz CT molecular complexity index is 667. The van der Waals surface area contributed by atoms with Gasteiger partial charge in [0, 0.05) is 10.8 Å². The largest absolute Gasteiger partial charge is 0.506 e. The number of aromatic hydroxyl groups is 1. The highest BCUT2D eigenvalue weighted by Gasteiger charge is 2.14. The van der Waals surface area contributed by atoms with Crippen LogP contribution < -0.4 is 5.14 Å². The molecule has 0 atom stereocenters. The van der Waals surface area contributed by atoms with Crippen LogP contribution in [0.5, 0.6) is 5.75 Å². The Morgan fingerprint density at radius 2 is 1.81 bits per heavy atom. The summed E-state index contributed by atoms with van der Waals surface area (Å²) in [5.41, 5.74) is 0. The van der Waals surface area contributed by atoms with Crippen molar-refractivity contribution in [2.75, 3.05) is 0 Å². The average Bonchev–Trinajstić information content (AvgIpc) is 2.21. The van der Waals surface area contributed by atoms with Crippen LogP contribution in [-0.4, -0.2) is 13.5 Å². The molecule has 0 fully saturated rings. The zero-order valence-corrected chi connectivity index (χ0v) is 9.59. The summed E-state index contributed by atoms with van der Waals surface area (Å²) < 4.78 is 22.6. The lowest BCUT2D eigenvalue weighted by Crippen LogP contribution is -2.12. The summed E-state index contributed by atoms with van der Waals surface area (Å²) in [7, 11) is -3.81. The molecule has 0 aliphatic heterocycles. The molecular weight excluding hydrogens is 250 g/mol. The van der Waals surface area contributed by atoms with E-state index in [0.29, 0.717) is 10.8 Å². The fourth-order valence-electron chi connectivity index (χ4n) is 1.53. The van der Waals surface area contributed by atoms with E-state index in [1.54, 1.807) is 6.07 Å². The van der Waals surface area contributed by atoms with Crippen molar-refractivity contribution < 1.29 is 13.5 Å². The maximum Gasteiger partial charge on any atom is 0.238 e. The first-order chi connectivity index (χ1) is 7.41. The second kappa shape index (κ2) is 3.62. The first kappa shape index (κ1) is 11.2. The molecule has 16 heavy (non-hydrogen) atoms.